The molecule has 0 saturated heterocycles. The summed E-state index contributed by atoms with van der Waals surface area (Å²) in [7, 11) is 0. The van der Waals surface area contributed by atoms with Crippen LogP contribution in [0.3, 0.4) is 0 Å². The molecule has 0 atom stereocenters. The molecule has 0 aliphatic carbocycles. The van der Waals surface area contributed by atoms with Crippen molar-refractivity contribution < 1.29 is 13.9 Å². The summed E-state index contributed by atoms with van der Waals surface area (Å²) in [5.41, 5.74) is 6.03. The molecule has 0 bridgehead atoms. The van der Waals surface area contributed by atoms with Gasteiger partial charge in [0.25, 0.3) is 0 Å². The molecule has 0 amide bonds. The summed E-state index contributed by atoms with van der Waals surface area (Å²) in [6, 6.07) is 3.06. The molecular formula is C12H16FNO2. The van der Waals surface area contributed by atoms with Crippen LogP contribution in [0.4, 0.5) is 4.39 Å². The average Bonchev–Trinajstić information content (AvgIpc) is 2.53. The first kappa shape index (κ1) is 11.2. The topological polar surface area (TPSA) is 44.5 Å². The van der Waals surface area contributed by atoms with Crippen LogP contribution in [0.1, 0.15) is 18.4 Å². The van der Waals surface area contributed by atoms with E-state index in [9.17, 15) is 4.39 Å². The summed E-state index contributed by atoms with van der Waals surface area (Å²) in [6.07, 6.45) is 2.16. The first-order chi connectivity index (χ1) is 7.83. The molecule has 1 heterocycles. The smallest absolute Gasteiger partial charge is 0.167 e. The predicted octanol–water partition coefficient (Wildman–Crippen LogP) is 1.88. The van der Waals surface area contributed by atoms with Crippen LogP contribution in [0.5, 0.6) is 11.5 Å². The SMILES string of the molecule is NCCCc1c(F)ccc2c1OCCCO2. The lowest BCUT2D eigenvalue weighted by atomic mass is 10.1. The lowest BCUT2D eigenvalue weighted by molar-refractivity contribution is 0.295. The maximum absolute atomic E-state index is 13.7. The van der Waals surface area contributed by atoms with E-state index in [1.807, 2.05) is 0 Å². The summed E-state index contributed by atoms with van der Waals surface area (Å²) in [6.45, 7) is 1.74. The van der Waals surface area contributed by atoms with Gasteiger partial charge in [-0.05, 0) is 31.5 Å². The van der Waals surface area contributed by atoms with Gasteiger partial charge in [0.05, 0.1) is 13.2 Å². The Balaban J connectivity index is 2.32. The van der Waals surface area contributed by atoms with E-state index in [0.717, 1.165) is 12.8 Å². The first-order valence-corrected chi connectivity index (χ1v) is 5.60. The number of benzene rings is 1. The Kier molecular flexibility index (Phi) is 3.62. The summed E-state index contributed by atoms with van der Waals surface area (Å²) in [5, 5.41) is 0. The van der Waals surface area contributed by atoms with Gasteiger partial charge >= 0.3 is 0 Å². The Morgan fingerprint density at radius 2 is 2.06 bits per heavy atom. The highest BCUT2D eigenvalue weighted by molar-refractivity contribution is 5.47. The van der Waals surface area contributed by atoms with Crippen LogP contribution >= 0.6 is 0 Å². The fourth-order valence-corrected chi connectivity index (χ4v) is 1.78. The van der Waals surface area contributed by atoms with Gasteiger partial charge in [-0.15, -0.1) is 0 Å². The van der Waals surface area contributed by atoms with E-state index in [1.165, 1.54) is 6.07 Å². The van der Waals surface area contributed by atoms with E-state index in [4.69, 9.17) is 15.2 Å². The number of halogens is 1. The van der Waals surface area contributed by atoms with Crippen molar-refractivity contribution in [2.45, 2.75) is 19.3 Å². The molecule has 3 nitrogen and oxygen atoms in total. The lowest BCUT2D eigenvalue weighted by Gasteiger charge is -2.12. The van der Waals surface area contributed by atoms with Crippen molar-refractivity contribution in [3.63, 3.8) is 0 Å². The van der Waals surface area contributed by atoms with Crippen LogP contribution < -0.4 is 15.2 Å². The van der Waals surface area contributed by atoms with Gasteiger partial charge < -0.3 is 15.2 Å². The number of hydrogen-bond donors (Lipinski definition) is 1. The van der Waals surface area contributed by atoms with E-state index in [-0.39, 0.29) is 5.82 Å². The second-order valence-corrected chi connectivity index (χ2v) is 3.80. The molecular weight excluding hydrogens is 209 g/mol. The van der Waals surface area contributed by atoms with Gasteiger partial charge in [-0.25, -0.2) is 4.39 Å². The van der Waals surface area contributed by atoms with Gasteiger partial charge in [-0.3, -0.25) is 0 Å². The van der Waals surface area contributed by atoms with Crippen molar-refractivity contribution in [2.75, 3.05) is 19.8 Å². The highest BCUT2D eigenvalue weighted by Gasteiger charge is 2.17. The summed E-state index contributed by atoms with van der Waals surface area (Å²) < 4.78 is 24.7. The molecule has 4 heteroatoms. The normalized spacial score (nSPS) is 14.6. The third kappa shape index (κ3) is 2.27. The van der Waals surface area contributed by atoms with E-state index < -0.39 is 0 Å². The van der Waals surface area contributed by atoms with Crippen LogP contribution in [0.2, 0.25) is 0 Å². The highest BCUT2D eigenvalue weighted by Crippen LogP contribution is 2.35. The molecule has 1 aliphatic heterocycles. The number of nitrogens with two attached hydrogens (primary N) is 1. The van der Waals surface area contributed by atoms with E-state index in [1.54, 1.807) is 6.07 Å². The van der Waals surface area contributed by atoms with Crippen molar-refractivity contribution in [3.8, 4) is 11.5 Å². The van der Waals surface area contributed by atoms with Crippen molar-refractivity contribution >= 4 is 0 Å². The minimum Gasteiger partial charge on any atom is -0.490 e. The van der Waals surface area contributed by atoms with Crippen molar-refractivity contribution in [1.82, 2.24) is 0 Å². The van der Waals surface area contributed by atoms with Crippen LogP contribution in [0.25, 0.3) is 0 Å². The fraction of sp³-hybridized carbons (Fsp3) is 0.500. The van der Waals surface area contributed by atoms with E-state index >= 15 is 0 Å². The van der Waals surface area contributed by atoms with Gasteiger partial charge in [-0.1, -0.05) is 0 Å². The monoisotopic (exact) mass is 225 g/mol. The molecule has 1 aliphatic rings. The van der Waals surface area contributed by atoms with Crippen molar-refractivity contribution in [1.29, 1.82) is 0 Å². The first-order valence-electron chi connectivity index (χ1n) is 5.60. The molecule has 0 unspecified atom stereocenters. The van der Waals surface area contributed by atoms with Crippen LogP contribution in [0, 0.1) is 5.82 Å². The molecule has 2 N–H and O–H groups in total. The molecule has 1 aromatic rings. The fourth-order valence-electron chi connectivity index (χ4n) is 1.78. The number of rotatable bonds is 3. The molecule has 88 valence electrons. The Bertz CT molecular complexity index is 368. The molecule has 2 rings (SSSR count). The zero-order chi connectivity index (χ0) is 11.4. The zero-order valence-electron chi connectivity index (χ0n) is 9.17. The standard InChI is InChI=1S/C12H16FNO2/c13-10-4-5-11-12(9(10)3-1-6-14)16-8-2-7-15-11/h4-5H,1-3,6-8,14H2. The van der Waals surface area contributed by atoms with Gasteiger partial charge in [0.2, 0.25) is 0 Å². The molecule has 0 aromatic heterocycles. The number of fused-ring (bicyclic) bond motifs is 1. The summed E-state index contributed by atoms with van der Waals surface area (Å²) in [4.78, 5) is 0. The second-order valence-electron chi connectivity index (χ2n) is 3.80. The molecule has 1 aromatic carbocycles. The summed E-state index contributed by atoms with van der Waals surface area (Å²) >= 11 is 0. The maximum Gasteiger partial charge on any atom is 0.167 e. The second kappa shape index (κ2) is 5.16. The van der Waals surface area contributed by atoms with E-state index in [0.29, 0.717) is 43.2 Å². The minimum atomic E-state index is -0.238. The van der Waals surface area contributed by atoms with Gasteiger partial charge in [0, 0.05) is 12.0 Å². The number of ether oxygens (including phenoxy) is 2. The van der Waals surface area contributed by atoms with Gasteiger partial charge in [0.1, 0.15) is 5.82 Å². The Labute approximate surface area is 94.3 Å². The van der Waals surface area contributed by atoms with Crippen molar-refractivity contribution in [3.05, 3.63) is 23.5 Å². The van der Waals surface area contributed by atoms with Crippen molar-refractivity contribution in [2.24, 2.45) is 5.73 Å². The molecule has 0 spiro atoms. The molecule has 0 radical (unpaired) electrons. The molecule has 0 saturated carbocycles. The Morgan fingerprint density at radius 1 is 1.25 bits per heavy atom. The quantitative estimate of drug-likeness (QED) is 0.854. The van der Waals surface area contributed by atoms with Crippen LogP contribution in [-0.4, -0.2) is 19.8 Å². The zero-order valence-corrected chi connectivity index (χ0v) is 9.17. The van der Waals surface area contributed by atoms with Gasteiger partial charge in [-0.2, -0.15) is 0 Å². The third-order valence-electron chi connectivity index (χ3n) is 2.59. The molecule has 16 heavy (non-hydrogen) atoms. The largest absolute Gasteiger partial charge is 0.490 e. The van der Waals surface area contributed by atoms with Crippen LogP contribution in [0.15, 0.2) is 12.1 Å². The number of hydrogen-bond acceptors (Lipinski definition) is 3. The summed E-state index contributed by atoms with van der Waals surface area (Å²) in [5.74, 6) is 0.967. The lowest BCUT2D eigenvalue weighted by Crippen LogP contribution is -2.04. The average molecular weight is 225 g/mol. The Hall–Kier alpha value is -1.29. The minimum absolute atomic E-state index is 0.238. The third-order valence-corrected chi connectivity index (χ3v) is 2.59. The van der Waals surface area contributed by atoms with Gasteiger partial charge in [0.15, 0.2) is 11.5 Å². The predicted molar refractivity (Wildman–Crippen MR) is 59.4 cm³/mol. The van der Waals surface area contributed by atoms with Crippen LogP contribution in [-0.2, 0) is 6.42 Å². The Morgan fingerprint density at radius 3 is 2.88 bits per heavy atom. The highest BCUT2D eigenvalue weighted by atomic mass is 19.1. The maximum atomic E-state index is 13.7. The molecule has 0 fully saturated rings. The van der Waals surface area contributed by atoms with E-state index in [2.05, 4.69) is 0 Å².